The second kappa shape index (κ2) is 10.6. The van der Waals surface area contributed by atoms with E-state index < -0.39 is 23.8 Å². The molecule has 1 amide bonds. The highest BCUT2D eigenvalue weighted by molar-refractivity contribution is 7.10. The minimum atomic E-state index is -4.77. The number of aryl methyl sites for hydroxylation is 3. The van der Waals surface area contributed by atoms with Gasteiger partial charge in [0.05, 0.1) is 10.7 Å². The summed E-state index contributed by atoms with van der Waals surface area (Å²) in [6, 6.07) is 8.15. The summed E-state index contributed by atoms with van der Waals surface area (Å²) < 4.78 is 40.4. The fourth-order valence-electron chi connectivity index (χ4n) is 5.32. The lowest BCUT2D eigenvalue weighted by molar-refractivity contribution is -0.139. The smallest absolute Gasteiger partial charge is 0.387 e. The molecule has 1 atom stereocenters. The molecular weight excluding hydrogens is 529 g/mol. The molecule has 0 spiro atoms. The van der Waals surface area contributed by atoms with E-state index in [1.54, 1.807) is 16.2 Å². The van der Waals surface area contributed by atoms with Crippen LogP contribution in [0.3, 0.4) is 0 Å². The van der Waals surface area contributed by atoms with Gasteiger partial charge in [-0.3, -0.25) is 9.59 Å². The number of amides is 1. The van der Waals surface area contributed by atoms with E-state index in [1.807, 2.05) is 11.4 Å². The van der Waals surface area contributed by atoms with Crippen LogP contribution in [0, 0.1) is 20.8 Å². The van der Waals surface area contributed by atoms with Gasteiger partial charge in [0.2, 0.25) is 5.91 Å². The molecule has 1 unspecified atom stereocenters. The lowest BCUT2D eigenvalue weighted by atomic mass is 9.95. The normalized spacial score (nSPS) is 18.3. The van der Waals surface area contributed by atoms with Crippen LogP contribution in [0.4, 0.5) is 13.2 Å². The number of nitrogens with zero attached hydrogens (tertiary/aromatic N) is 4. The number of halogens is 3. The third kappa shape index (κ3) is 5.50. The Labute approximate surface area is 227 Å². The maximum atomic E-state index is 13.2. The first kappa shape index (κ1) is 27.1. The molecule has 0 saturated carbocycles. The number of likely N-dealkylation sites (tertiary alicyclic amines) is 1. The van der Waals surface area contributed by atoms with Gasteiger partial charge in [-0.2, -0.15) is 13.2 Å². The van der Waals surface area contributed by atoms with Gasteiger partial charge < -0.3 is 14.3 Å². The third-order valence-electron chi connectivity index (χ3n) is 7.54. The summed E-state index contributed by atoms with van der Waals surface area (Å²) >= 11 is 1.56. The minimum Gasteiger partial charge on any atom is -0.387 e. The second-order valence-corrected chi connectivity index (χ2v) is 11.0. The summed E-state index contributed by atoms with van der Waals surface area (Å²) in [5.41, 5.74) is 2.98. The quantitative estimate of drug-likeness (QED) is 0.413. The standard InChI is InChI=1S/C28H29F3N4O3S/c1-16-5-4-6-17(2)25(16)23-13-21(33-38-23)22-15-39-26(32-22)19-9-11-34(12-10-19)24(36)14-35-18(3)7-8-20(27(35)37)28(29,30)31/h4-8,15,19,23H,9-14H2,1-3H3. The van der Waals surface area contributed by atoms with E-state index >= 15 is 0 Å². The minimum absolute atomic E-state index is 0.131. The number of rotatable bonds is 5. The number of carbonyl (C=O) groups excluding carboxylic acids is 1. The summed E-state index contributed by atoms with van der Waals surface area (Å²) in [6.45, 7) is 6.14. The first-order chi connectivity index (χ1) is 18.5. The SMILES string of the molecule is Cc1cccc(C)c1C1CC(c2csc(C3CCN(C(=O)Cn4c(C)ccc(C(F)(F)F)c4=O)CC3)n2)=NO1. The molecule has 206 valence electrons. The van der Waals surface area contributed by atoms with Crippen molar-refractivity contribution in [1.29, 1.82) is 0 Å². The van der Waals surface area contributed by atoms with Gasteiger partial charge in [-0.25, -0.2) is 4.98 Å². The summed E-state index contributed by atoms with van der Waals surface area (Å²) in [4.78, 5) is 37.5. The van der Waals surface area contributed by atoms with Crippen LogP contribution in [-0.2, 0) is 22.4 Å². The number of hydrogen-bond acceptors (Lipinski definition) is 6. The van der Waals surface area contributed by atoms with Gasteiger partial charge in [0, 0.05) is 42.1 Å². The molecule has 0 radical (unpaired) electrons. The molecule has 2 aromatic heterocycles. The predicted octanol–water partition coefficient (Wildman–Crippen LogP) is 5.52. The number of pyridine rings is 1. The molecule has 0 N–H and O–H groups in total. The average Bonchev–Trinajstić information content (AvgIpc) is 3.56. The maximum absolute atomic E-state index is 13.2. The molecular formula is C28H29F3N4O3S. The Bertz CT molecular complexity index is 1470. The molecule has 1 saturated heterocycles. The van der Waals surface area contributed by atoms with Crippen molar-refractivity contribution in [1.82, 2.24) is 14.5 Å². The zero-order valence-electron chi connectivity index (χ0n) is 21.9. The molecule has 1 aromatic carbocycles. The maximum Gasteiger partial charge on any atom is 0.421 e. The monoisotopic (exact) mass is 558 g/mol. The van der Waals surface area contributed by atoms with E-state index in [4.69, 9.17) is 9.82 Å². The van der Waals surface area contributed by atoms with E-state index in [-0.39, 0.29) is 17.9 Å². The summed E-state index contributed by atoms with van der Waals surface area (Å²) in [5, 5.41) is 7.29. The van der Waals surface area contributed by atoms with Crippen molar-refractivity contribution in [3.05, 3.63) is 84.7 Å². The summed E-state index contributed by atoms with van der Waals surface area (Å²) in [7, 11) is 0. The number of benzene rings is 1. The molecule has 4 heterocycles. The zero-order valence-corrected chi connectivity index (χ0v) is 22.7. The van der Waals surface area contributed by atoms with Crippen molar-refractivity contribution >= 4 is 23.0 Å². The van der Waals surface area contributed by atoms with Gasteiger partial charge in [-0.15, -0.1) is 11.3 Å². The van der Waals surface area contributed by atoms with Crippen LogP contribution in [0.1, 0.15) is 69.9 Å². The molecule has 11 heteroatoms. The average molecular weight is 559 g/mol. The Morgan fingerprint density at radius 1 is 1.10 bits per heavy atom. The summed E-state index contributed by atoms with van der Waals surface area (Å²) in [6.07, 6.45) is -2.88. The van der Waals surface area contributed by atoms with Crippen LogP contribution in [0.2, 0.25) is 0 Å². The lowest BCUT2D eigenvalue weighted by Crippen LogP contribution is -2.42. The van der Waals surface area contributed by atoms with Gasteiger partial charge in [-0.05, 0) is 56.9 Å². The fraction of sp³-hybridized carbons (Fsp3) is 0.429. The van der Waals surface area contributed by atoms with Crippen molar-refractivity contribution in [3.8, 4) is 0 Å². The van der Waals surface area contributed by atoms with E-state index in [0.29, 0.717) is 38.0 Å². The van der Waals surface area contributed by atoms with Crippen LogP contribution in [0.5, 0.6) is 0 Å². The molecule has 2 aliphatic rings. The van der Waals surface area contributed by atoms with E-state index in [2.05, 4.69) is 31.1 Å². The molecule has 5 rings (SSSR count). The first-order valence-electron chi connectivity index (χ1n) is 12.8. The van der Waals surface area contributed by atoms with Gasteiger partial charge in [0.1, 0.15) is 17.8 Å². The summed E-state index contributed by atoms with van der Waals surface area (Å²) in [5.74, 6) is -0.198. The van der Waals surface area contributed by atoms with Gasteiger partial charge in [-0.1, -0.05) is 23.4 Å². The van der Waals surface area contributed by atoms with Crippen LogP contribution in [0.15, 0.2) is 45.7 Å². The van der Waals surface area contributed by atoms with Crippen molar-refractivity contribution < 1.29 is 22.8 Å². The van der Waals surface area contributed by atoms with E-state index in [1.165, 1.54) is 24.1 Å². The van der Waals surface area contributed by atoms with Gasteiger partial charge in [0.25, 0.3) is 5.56 Å². The highest BCUT2D eigenvalue weighted by Gasteiger charge is 2.35. The predicted molar refractivity (Wildman–Crippen MR) is 142 cm³/mol. The zero-order chi connectivity index (χ0) is 27.9. The van der Waals surface area contributed by atoms with Crippen molar-refractivity contribution in [2.75, 3.05) is 13.1 Å². The molecule has 39 heavy (non-hydrogen) atoms. The largest absolute Gasteiger partial charge is 0.421 e. The molecule has 0 aliphatic carbocycles. The Balaban J connectivity index is 1.19. The van der Waals surface area contributed by atoms with Crippen LogP contribution >= 0.6 is 11.3 Å². The topological polar surface area (TPSA) is 76.8 Å². The molecule has 3 aromatic rings. The Morgan fingerprint density at radius 3 is 2.46 bits per heavy atom. The second-order valence-electron chi connectivity index (χ2n) is 10.1. The molecule has 1 fully saturated rings. The number of aromatic nitrogens is 2. The number of piperidine rings is 1. The number of hydrogen-bond donors (Lipinski definition) is 0. The highest BCUT2D eigenvalue weighted by Crippen LogP contribution is 2.35. The van der Waals surface area contributed by atoms with Crippen LogP contribution in [-0.4, -0.2) is 39.2 Å². The van der Waals surface area contributed by atoms with Crippen molar-refractivity contribution in [3.63, 3.8) is 0 Å². The third-order valence-corrected chi connectivity index (χ3v) is 8.55. The molecule has 0 bridgehead atoms. The van der Waals surface area contributed by atoms with Gasteiger partial charge in [0.15, 0.2) is 6.10 Å². The molecule has 2 aliphatic heterocycles. The number of carbonyl (C=O) groups is 1. The molecule has 7 nitrogen and oxygen atoms in total. The van der Waals surface area contributed by atoms with Crippen molar-refractivity contribution in [2.24, 2.45) is 5.16 Å². The Kier molecular flexibility index (Phi) is 7.37. The van der Waals surface area contributed by atoms with Gasteiger partial charge >= 0.3 is 6.18 Å². The van der Waals surface area contributed by atoms with E-state index in [0.717, 1.165) is 32.6 Å². The van der Waals surface area contributed by atoms with Crippen LogP contribution in [0.25, 0.3) is 0 Å². The lowest BCUT2D eigenvalue weighted by Gasteiger charge is -2.31. The number of alkyl halides is 3. The fourth-order valence-corrected chi connectivity index (χ4v) is 6.32. The van der Waals surface area contributed by atoms with Crippen molar-refractivity contribution in [2.45, 2.75) is 64.8 Å². The Hall–Kier alpha value is -3.47. The number of thiazole rings is 1. The van der Waals surface area contributed by atoms with Crippen LogP contribution < -0.4 is 5.56 Å². The van der Waals surface area contributed by atoms with E-state index in [9.17, 15) is 22.8 Å². The highest BCUT2D eigenvalue weighted by atomic mass is 32.1. The Morgan fingerprint density at radius 2 is 1.79 bits per heavy atom. The number of oxime groups is 1. The first-order valence-corrected chi connectivity index (χ1v) is 13.7.